The van der Waals surface area contributed by atoms with Gasteiger partial charge in [-0.2, -0.15) is 13.2 Å². The summed E-state index contributed by atoms with van der Waals surface area (Å²) in [5, 5.41) is 2.86. The largest absolute Gasteiger partial charge is 0.407 e. The molecule has 1 aromatic carbocycles. The van der Waals surface area contributed by atoms with Crippen molar-refractivity contribution in [2.45, 2.75) is 51.4 Å². The van der Waals surface area contributed by atoms with Crippen LogP contribution >= 0.6 is 0 Å². The van der Waals surface area contributed by atoms with Crippen molar-refractivity contribution < 1.29 is 13.2 Å². The molecule has 0 aliphatic heterocycles. The number of rotatable bonds is 3. The molecular weight excluding hydrogens is 263 g/mol. The smallest absolute Gasteiger partial charge is 0.299 e. The fourth-order valence-electron chi connectivity index (χ4n) is 3.15. The number of benzene rings is 1. The average molecular weight is 285 g/mol. The standard InChI is InChI=1S/C16H22F3N/c1-11-8-9-14(12(2)10-11)20-15(16(17,18)19)13-6-4-3-5-7-13/h3-7,11-12,14-15,20H,8-10H2,1-2H3. The summed E-state index contributed by atoms with van der Waals surface area (Å²) in [5.74, 6) is 0.899. The highest BCUT2D eigenvalue weighted by atomic mass is 19.4. The minimum Gasteiger partial charge on any atom is -0.299 e. The van der Waals surface area contributed by atoms with Crippen molar-refractivity contribution in [1.29, 1.82) is 0 Å². The normalized spacial score (nSPS) is 29.1. The van der Waals surface area contributed by atoms with E-state index in [1.54, 1.807) is 30.3 Å². The molecule has 0 saturated heterocycles. The second-order valence-electron chi connectivity index (χ2n) is 6.05. The van der Waals surface area contributed by atoms with Crippen LogP contribution in [0.15, 0.2) is 30.3 Å². The first kappa shape index (κ1) is 15.4. The van der Waals surface area contributed by atoms with Gasteiger partial charge in [-0.05, 0) is 36.7 Å². The lowest BCUT2D eigenvalue weighted by Crippen LogP contribution is -2.45. The van der Waals surface area contributed by atoms with Crippen LogP contribution in [-0.2, 0) is 0 Å². The SMILES string of the molecule is CC1CCC(NC(c2ccccc2)C(F)(F)F)C(C)C1. The molecule has 1 aromatic rings. The molecule has 1 saturated carbocycles. The molecule has 0 amide bonds. The summed E-state index contributed by atoms with van der Waals surface area (Å²) in [5.41, 5.74) is 0.297. The van der Waals surface area contributed by atoms with Crippen molar-refractivity contribution in [2.75, 3.05) is 0 Å². The minimum absolute atomic E-state index is 0.0574. The van der Waals surface area contributed by atoms with Crippen molar-refractivity contribution >= 4 is 0 Å². The molecule has 1 N–H and O–H groups in total. The molecule has 2 rings (SSSR count). The molecule has 4 unspecified atom stereocenters. The van der Waals surface area contributed by atoms with E-state index in [9.17, 15) is 13.2 Å². The second kappa shape index (κ2) is 6.17. The Labute approximate surface area is 118 Å². The first-order chi connectivity index (χ1) is 9.38. The van der Waals surface area contributed by atoms with Crippen LogP contribution in [0.1, 0.15) is 44.7 Å². The predicted octanol–water partition coefficient (Wildman–Crippen LogP) is 4.70. The van der Waals surface area contributed by atoms with Crippen molar-refractivity contribution in [1.82, 2.24) is 5.32 Å². The molecule has 1 fully saturated rings. The zero-order chi connectivity index (χ0) is 14.8. The van der Waals surface area contributed by atoms with Crippen LogP contribution in [0.2, 0.25) is 0 Å². The average Bonchev–Trinajstić information content (AvgIpc) is 2.37. The topological polar surface area (TPSA) is 12.0 Å². The van der Waals surface area contributed by atoms with Gasteiger partial charge in [-0.1, -0.05) is 44.2 Å². The van der Waals surface area contributed by atoms with Gasteiger partial charge in [-0.15, -0.1) is 0 Å². The first-order valence-electron chi connectivity index (χ1n) is 7.25. The number of hydrogen-bond donors (Lipinski definition) is 1. The lowest BCUT2D eigenvalue weighted by atomic mass is 9.79. The fourth-order valence-corrected chi connectivity index (χ4v) is 3.15. The van der Waals surface area contributed by atoms with Gasteiger partial charge in [0.05, 0.1) is 0 Å². The Bertz CT molecular complexity index is 415. The van der Waals surface area contributed by atoms with Gasteiger partial charge in [0, 0.05) is 6.04 Å². The van der Waals surface area contributed by atoms with Crippen LogP contribution in [-0.4, -0.2) is 12.2 Å². The molecule has 1 aliphatic rings. The zero-order valence-corrected chi connectivity index (χ0v) is 12.0. The summed E-state index contributed by atoms with van der Waals surface area (Å²) < 4.78 is 39.9. The van der Waals surface area contributed by atoms with E-state index >= 15 is 0 Å². The molecule has 0 bridgehead atoms. The third-order valence-electron chi connectivity index (χ3n) is 4.27. The van der Waals surface area contributed by atoms with Gasteiger partial charge < -0.3 is 0 Å². The predicted molar refractivity (Wildman–Crippen MR) is 74.3 cm³/mol. The van der Waals surface area contributed by atoms with Crippen molar-refractivity contribution in [3.63, 3.8) is 0 Å². The molecular formula is C16H22F3N. The second-order valence-corrected chi connectivity index (χ2v) is 6.05. The highest BCUT2D eigenvalue weighted by Crippen LogP contribution is 2.36. The summed E-state index contributed by atoms with van der Waals surface area (Å²) in [6.45, 7) is 4.22. The molecule has 0 heterocycles. The van der Waals surface area contributed by atoms with Gasteiger partial charge in [-0.3, -0.25) is 5.32 Å². The maximum Gasteiger partial charge on any atom is 0.407 e. The summed E-state index contributed by atoms with van der Waals surface area (Å²) in [6.07, 6.45) is -1.44. The molecule has 0 radical (unpaired) electrons. The van der Waals surface area contributed by atoms with Gasteiger partial charge in [-0.25, -0.2) is 0 Å². The van der Waals surface area contributed by atoms with Crippen LogP contribution in [0, 0.1) is 11.8 Å². The lowest BCUT2D eigenvalue weighted by Gasteiger charge is -2.36. The fraction of sp³-hybridized carbons (Fsp3) is 0.625. The number of hydrogen-bond acceptors (Lipinski definition) is 1. The van der Waals surface area contributed by atoms with Crippen molar-refractivity contribution in [2.24, 2.45) is 11.8 Å². The van der Waals surface area contributed by atoms with Crippen molar-refractivity contribution in [3.8, 4) is 0 Å². The summed E-state index contributed by atoms with van der Waals surface area (Å²) in [7, 11) is 0. The van der Waals surface area contributed by atoms with Gasteiger partial charge in [0.2, 0.25) is 0 Å². The molecule has 112 valence electrons. The lowest BCUT2D eigenvalue weighted by molar-refractivity contribution is -0.161. The molecule has 4 heteroatoms. The Hall–Kier alpha value is -1.03. The zero-order valence-electron chi connectivity index (χ0n) is 12.0. The molecule has 0 spiro atoms. The summed E-state index contributed by atoms with van der Waals surface area (Å²) >= 11 is 0. The third-order valence-corrected chi connectivity index (χ3v) is 4.27. The van der Waals surface area contributed by atoms with Gasteiger partial charge in [0.25, 0.3) is 0 Å². The van der Waals surface area contributed by atoms with E-state index in [1.165, 1.54) is 0 Å². The molecule has 0 aromatic heterocycles. The summed E-state index contributed by atoms with van der Waals surface area (Å²) in [4.78, 5) is 0. The maximum atomic E-state index is 13.3. The van der Waals surface area contributed by atoms with Crippen LogP contribution in [0.4, 0.5) is 13.2 Å². The Kier molecular flexibility index (Phi) is 4.74. The van der Waals surface area contributed by atoms with Gasteiger partial charge >= 0.3 is 6.18 Å². The quantitative estimate of drug-likeness (QED) is 0.848. The Balaban J connectivity index is 2.13. The van der Waals surface area contributed by atoms with E-state index in [1.807, 2.05) is 6.92 Å². The van der Waals surface area contributed by atoms with Crippen LogP contribution < -0.4 is 5.32 Å². The molecule has 4 atom stereocenters. The van der Waals surface area contributed by atoms with E-state index in [2.05, 4.69) is 12.2 Å². The van der Waals surface area contributed by atoms with Gasteiger partial charge in [0.1, 0.15) is 6.04 Å². The third kappa shape index (κ3) is 3.75. The number of nitrogens with one attached hydrogen (secondary N) is 1. The highest BCUT2D eigenvalue weighted by molar-refractivity contribution is 5.20. The van der Waals surface area contributed by atoms with E-state index in [0.29, 0.717) is 11.5 Å². The maximum absolute atomic E-state index is 13.3. The van der Waals surface area contributed by atoms with Crippen LogP contribution in [0.3, 0.4) is 0 Å². The van der Waals surface area contributed by atoms with Crippen LogP contribution in [0.5, 0.6) is 0 Å². The molecule has 20 heavy (non-hydrogen) atoms. The van der Waals surface area contributed by atoms with Crippen molar-refractivity contribution in [3.05, 3.63) is 35.9 Å². The molecule has 1 nitrogen and oxygen atoms in total. The first-order valence-corrected chi connectivity index (χ1v) is 7.25. The van der Waals surface area contributed by atoms with Gasteiger partial charge in [0.15, 0.2) is 0 Å². The van der Waals surface area contributed by atoms with E-state index in [4.69, 9.17) is 0 Å². The molecule has 1 aliphatic carbocycles. The number of alkyl halides is 3. The monoisotopic (exact) mass is 285 g/mol. The van der Waals surface area contributed by atoms with E-state index in [0.717, 1.165) is 19.3 Å². The van der Waals surface area contributed by atoms with E-state index < -0.39 is 12.2 Å². The van der Waals surface area contributed by atoms with E-state index in [-0.39, 0.29) is 12.0 Å². The highest BCUT2D eigenvalue weighted by Gasteiger charge is 2.42. The Morgan fingerprint density at radius 1 is 1.10 bits per heavy atom. The van der Waals surface area contributed by atoms with Crippen LogP contribution in [0.25, 0.3) is 0 Å². The summed E-state index contributed by atoms with van der Waals surface area (Å²) in [6, 6.07) is 6.51. The Morgan fingerprint density at radius 2 is 1.75 bits per heavy atom. The number of halogens is 3. The minimum atomic E-state index is -4.26. The Morgan fingerprint density at radius 3 is 2.30 bits per heavy atom.